The van der Waals surface area contributed by atoms with Crippen molar-refractivity contribution in [2.45, 2.75) is 31.9 Å². The summed E-state index contributed by atoms with van der Waals surface area (Å²) in [6.07, 6.45) is -7.12. The number of ether oxygens (including phenoxy) is 1. The van der Waals surface area contributed by atoms with Crippen molar-refractivity contribution in [1.29, 1.82) is 0 Å². The lowest BCUT2D eigenvalue weighted by molar-refractivity contribution is -0.208. The van der Waals surface area contributed by atoms with E-state index in [0.717, 1.165) is 0 Å². The number of hydrogen-bond acceptors (Lipinski definition) is 3. The Morgan fingerprint density at radius 3 is 2.14 bits per heavy atom. The Hall–Kier alpha value is -1.41. The summed E-state index contributed by atoms with van der Waals surface area (Å²) in [5, 5.41) is 9.03. The minimum atomic E-state index is -4.68. The van der Waals surface area contributed by atoms with Gasteiger partial charge in [0.1, 0.15) is 5.75 Å². The van der Waals surface area contributed by atoms with Gasteiger partial charge in [0.25, 0.3) is 0 Å². The Morgan fingerprint density at radius 2 is 1.71 bits per heavy atom. The van der Waals surface area contributed by atoms with Crippen molar-refractivity contribution >= 4 is 0 Å². The maximum atomic E-state index is 12.3. The number of halogens is 5. The van der Waals surface area contributed by atoms with Crippen LogP contribution in [0.5, 0.6) is 5.75 Å². The maximum Gasteiger partial charge on any atom is 0.415 e. The predicted octanol–water partition coefficient (Wildman–Crippen LogP) is 3.20. The molecule has 8 heteroatoms. The number of nitrogens with zero attached hydrogens (tertiary/aromatic N) is 1. The van der Waals surface area contributed by atoms with Crippen molar-refractivity contribution in [2.24, 2.45) is 0 Å². The molecule has 1 rings (SSSR count). The Kier molecular flexibility index (Phi) is 5.91. The Morgan fingerprint density at radius 1 is 1.19 bits per heavy atom. The van der Waals surface area contributed by atoms with Gasteiger partial charge in [-0.1, -0.05) is 12.1 Å². The maximum absolute atomic E-state index is 12.3. The van der Waals surface area contributed by atoms with Crippen LogP contribution in [-0.4, -0.2) is 42.5 Å². The van der Waals surface area contributed by atoms with E-state index in [0.29, 0.717) is 5.56 Å². The lowest BCUT2D eigenvalue weighted by Gasteiger charge is -2.28. The molecule has 3 nitrogen and oxygen atoms in total. The fourth-order valence-corrected chi connectivity index (χ4v) is 1.72. The lowest BCUT2D eigenvalue weighted by atomic mass is 10.1. The zero-order valence-corrected chi connectivity index (χ0v) is 11.4. The molecule has 21 heavy (non-hydrogen) atoms. The molecule has 2 atom stereocenters. The van der Waals surface area contributed by atoms with Gasteiger partial charge in [0, 0.05) is 12.6 Å². The summed E-state index contributed by atoms with van der Waals surface area (Å²) in [5.74, 6) is -0.0288. The van der Waals surface area contributed by atoms with Gasteiger partial charge in [0.05, 0.1) is 0 Å². The summed E-state index contributed by atoms with van der Waals surface area (Å²) in [4.78, 5) is 1.32. The van der Waals surface area contributed by atoms with Crippen LogP contribution in [0.15, 0.2) is 24.3 Å². The topological polar surface area (TPSA) is 32.7 Å². The highest BCUT2D eigenvalue weighted by molar-refractivity contribution is 5.29. The average Bonchev–Trinajstić information content (AvgIpc) is 2.36. The van der Waals surface area contributed by atoms with Crippen LogP contribution >= 0.6 is 0 Å². The molecule has 120 valence electrons. The number of likely N-dealkylation sites (N-methyl/N-ethyl adjacent to an activating group) is 1. The number of aliphatic hydroxyl groups excluding tert-OH is 1. The van der Waals surface area contributed by atoms with Crippen LogP contribution in [-0.2, 0) is 0 Å². The summed E-state index contributed by atoms with van der Waals surface area (Å²) < 4.78 is 65.0. The Labute approximate surface area is 118 Å². The number of benzene rings is 1. The molecule has 0 aliphatic heterocycles. The van der Waals surface area contributed by atoms with Gasteiger partial charge in [-0.3, -0.25) is 4.90 Å². The minimum absolute atomic E-state index is 0.0288. The average molecular weight is 313 g/mol. The monoisotopic (exact) mass is 313 g/mol. The van der Waals surface area contributed by atoms with Gasteiger partial charge in [-0.2, -0.15) is 22.0 Å². The van der Waals surface area contributed by atoms with Gasteiger partial charge in [-0.25, -0.2) is 0 Å². The Bertz CT molecular complexity index is 435. The van der Waals surface area contributed by atoms with E-state index < -0.39 is 31.5 Å². The highest BCUT2D eigenvalue weighted by atomic mass is 19.4. The van der Waals surface area contributed by atoms with E-state index >= 15 is 0 Å². The van der Waals surface area contributed by atoms with Crippen LogP contribution in [0.4, 0.5) is 22.0 Å². The molecule has 0 spiro atoms. The second-order valence-electron chi connectivity index (χ2n) is 4.62. The minimum Gasteiger partial charge on any atom is -0.435 e. The van der Waals surface area contributed by atoms with Crippen molar-refractivity contribution in [3.8, 4) is 5.75 Å². The molecule has 0 saturated heterocycles. The van der Waals surface area contributed by atoms with Crippen molar-refractivity contribution in [2.75, 3.05) is 13.6 Å². The van der Waals surface area contributed by atoms with E-state index in [9.17, 15) is 22.0 Å². The van der Waals surface area contributed by atoms with Gasteiger partial charge >= 0.3 is 12.8 Å². The molecular formula is C13H16F5NO2. The molecule has 0 aliphatic carbocycles. The molecule has 0 bridgehead atoms. The quantitative estimate of drug-likeness (QED) is 0.819. The highest BCUT2D eigenvalue weighted by Crippen LogP contribution is 2.25. The third-order valence-electron chi connectivity index (χ3n) is 3.09. The van der Waals surface area contributed by atoms with Crippen molar-refractivity contribution < 1.29 is 31.8 Å². The zero-order chi connectivity index (χ0) is 16.2. The molecule has 1 N–H and O–H groups in total. The molecule has 0 saturated carbocycles. The van der Waals surface area contributed by atoms with E-state index in [1.807, 2.05) is 0 Å². The first kappa shape index (κ1) is 17.6. The third-order valence-corrected chi connectivity index (χ3v) is 3.09. The molecule has 2 unspecified atom stereocenters. The Balaban J connectivity index is 2.67. The van der Waals surface area contributed by atoms with E-state index in [1.54, 1.807) is 6.92 Å². The molecule has 0 radical (unpaired) electrons. The molecule has 0 fully saturated rings. The number of hydrogen-bond donors (Lipinski definition) is 1. The fraction of sp³-hybridized carbons (Fsp3) is 0.538. The van der Waals surface area contributed by atoms with E-state index in [1.165, 1.54) is 36.2 Å². The van der Waals surface area contributed by atoms with Crippen LogP contribution in [0.2, 0.25) is 0 Å². The van der Waals surface area contributed by atoms with Gasteiger partial charge < -0.3 is 9.84 Å². The normalized spacial score (nSPS) is 15.3. The van der Waals surface area contributed by atoms with Crippen LogP contribution in [0.25, 0.3) is 0 Å². The van der Waals surface area contributed by atoms with Crippen LogP contribution in [0.3, 0.4) is 0 Å². The fourth-order valence-electron chi connectivity index (χ4n) is 1.72. The number of aliphatic hydroxyl groups is 1. The summed E-state index contributed by atoms with van der Waals surface area (Å²) in [6.45, 7) is -1.87. The molecular weight excluding hydrogens is 297 g/mol. The van der Waals surface area contributed by atoms with Crippen LogP contribution in [0.1, 0.15) is 18.5 Å². The van der Waals surface area contributed by atoms with Gasteiger partial charge in [-0.05, 0) is 31.7 Å². The highest BCUT2D eigenvalue weighted by Gasteiger charge is 2.39. The predicted molar refractivity (Wildman–Crippen MR) is 66.2 cm³/mol. The zero-order valence-electron chi connectivity index (χ0n) is 11.4. The van der Waals surface area contributed by atoms with Crippen LogP contribution < -0.4 is 4.74 Å². The standard InChI is InChI=1S/C13H16F5NO2/c1-8(19(2)7-11(20)13(16,17)18)9-3-5-10(6-4-9)21-12(14)15/h3-6,8,11-12,20H,7H2,1-2H3. The molecule has 0 amide bonds. The number of rotatable bonds is 6. The second kappa shape index (κ2) is 7.04. The molecule has 0 aliphatic rings. The third kappa shape index (κ3) is 5.47. The first-order chi connectivity index (χ1) is 9.61. The van der Waals surface area contributed by atoms with E-state index in [-0.39, 0.29) is 5.75 Å². The van der Waals surface area contributed by atoms with E-state index in [4.69, 9.17) is 5.11 Å². The van der Waals surface area contributed by atoms with Gasteiger partial charge in [0.2, 0.25) is 0 Å². The lowest BCUT2D eigenvalue weighted by Crippen LogP contribution is -2.40. The van der Waals surface area contributed by atoms with Crippen molar-refractivity contribution in [3.63, 3.8) is 0 Å². The SMILES string of the molecule is CC(c1ccc(OC(F)F)cc1)N(C)CC(O)C(F)(F)F. The smallest absolute Gasteiger partial charge is 0.415 e. The first-order valence-electron chi connectivity index (χ1n) is 6.11. The van der Waals surface area contributed by atoms with Gasteiger partial charge in [-0.15, -0.1) is 0 Å². The number of alkyl halides is 5. The van der Waals surface area contributed by atoms with E-state index in [2.05, 4.69) is 4.74 Å². The summed E-state index contributed by atoms with van der Waals surface area (Å²) in [7, 11) is 1.43. The van der Waals surface area contributed by atoms with Crippen molar-refractivity contribution in [3.05, 3.63) is 29.8 Å². The largest absolute Gasteiger partial charge is 0.435 e. The summed E-state index contributed by atoms with van der Waals surface area (Å²) >= 11 is 0. The first-order valence-corrected chi connectivity index (χ1v) is 6.11. The molecule has 0 aromatic heterocycles. The van der Waals surface area contributed by atoms with Gasteiger partial charge in [0.15, 0.2) is 6.10 Å². The summed E-state index contributed by atoms with van der Waals surface area (Å²) in [6, 6.07) is 5.16. The molecule has 1 aromatic rings. The van der Waals surface area contributed by atoms with Crippen molar-refractivity contribution in [1.82, 2.24) is 4.90 Å². The molecule has 0 heterocycles. The second-order valence-corrected chi connectivity index (χ2v) is 4.62. The van der Waals surface area contributed by atoms with Crippen LogP contribution in [0, 0.1) is 0 Å². The summed E-state index contributed by atoms with van der Waals surface area (Å²) in [5.41, 5.74) is 0.619. The molecule has 1 aromatic carbocycles.